The van der Waals surface area contributed by atoms with Crippen LogP contribution in [-0.2, 0) is 20.8 Å². The molecule has 1 amide bonds. The van der Waals surface area contributed by atoms with E-state index < -0.39 is 16.8 Å². The second-order valence-corrected chi connectivity index (χ2v) is 16.0. The molecule has 1 heterocycles. The van der Waals surface area contributed by atoms with Gasteiger partial charge in [-0.15, -0.1) is 0 Å². The number of hydrogen-bond donors (Lipinski definition) is 4. The third-order valence-electron chi connectivity index (χ3n) is 7.59. The van der Waals surface area contributed by atoms with Gasteiger partial charge in [-0.1, -0.05) is 0 Å². The summed E-state index contributed by atoms with van der Waals surface area (Å²) in [5.41, 5.74) is 5.28. The maximum atomic E-state index is 12.7. The molecule has 0 unspecified atom stereocenters. The fourth-order valence-corrected chi connectivity index (χ4v) is 4.99. The Morgan fingerprint density at radius 1 is 0.920 bits per heavy atom. The summed E-state index contributed by atoms with van der Waals surface area (Å²) >= 11 is 0. The first-order valence-corrected chi connectivity index (χ1v) is 17.7. The van der Waals surface area contributed by atoms with Gasteiger partial charge in [0.05, 0.1) is 24.4 Å². The molecule has 284 valence electrons. The highest BCUT2D eigenvalue weighted by atomic mass is 16.6. The lowest BCUT2D eigenvalue weighted by atomic mass is 9.94. The summed E-state index contributed by atoms with van der Waals surface area (Å²) in [4.78, 5) is 33.6. The normalized spacial score (nSPS) is 12.8. The van der Waals surface area contributed by atoms with Crippen LogP contribution in [0.4, 0.5) is 10.5 Å². The molecule has 13 heteroatoms. The number of rotatable bonds is 21. The molecule has 2 rings (SSSR count). The largest absolute Gasteiger partial charge is 0.488 e. The zero-order valence-electron chi connectivity index (χ0n) is 32.3. The number of carbonyl (C=O) groups is 2. The maximum absolute atomic E-state index is 12.7. The van der Waals surface area contributed by atoms with Crippen molar-refractivity contribution in [3.8, 4) is 5.75 Å². The van der Waals surface area contributed by atoms with Crippen LogP contribution in [0.15, 0.2) is 36.9 Å². The number of imidazole rings is 1. The number of benzene rings is 1. The minimum atomic E-state index is -0.798. The summed E-state index contributed by atoms with van der Waals surface area (Å²) in [5, 5.41) is 16.8. The van der Waals surface area contributed by atoms with Crippen molar-refractivity contribution >= 4 is 17.7 Å². The van der Waals surface area contributed by atoms with Gasteiger partial charge in [0.1, 0.15) is 23.3 Å². The van der Waals surface area contributed by atoms with Crippen LogP contribution in [0.5, 0.6) is 5.75 Å². The Labute approximate surface area is 300 Å². The lowest BCUT2D eigenvalue weighted by molar-refractivity contribution is -0.156. The van der Waals surface area contributed by atoms with Crippen LogP contribution in [0.2, 0.25) is 0 Å². The molecule has 0 aliphatic heterocycles. The van der Waals surface area contributed by atoms with Gasteiger partial charge in [-0.2, -0.15) is 0 Å². The van der Waals surface area contributed by atoms with E-state index in [0.717, 1.165) is 25.2 Å². The average molecular weight is 704 g/mol. The van der Waals surface area contributed by atoms with Gasteiger partial charge in [0.25, 0.3) is 0 Å². The second kappa shape index (κ2) is 19.5. The zero-order valence-corrected chi connectivity index (χ0v) is 32.3. The van der Waals surface area contributed by atoms with Crippen molar-refractivity contribution in [2.75, 3.05) is 64.3 Å². The molecule has 2 aromatic rings. The number of ether oxygens (including phenoxy) is 3. The first-order valence-electron chi connectivity index (χ1n) is 17.7. The highest BCUT2D eigenvalue weighted by Gasteiger charge is 2.26. The van der Waals surface area contributed by atoms with Gasteiger partial charge in [0, 0.05) is 76.0 Å². The van der Waals surface area contributed by atoms with Crippen LogP contribution in [0.3, 0.4) is 0 Å². The maximum Gasteiger partial charge on any atom is 0.331 e. The van der Waals surface area contributed by atoms with Crippen molar-refractivity contribution in [3.05, 3.63) is 42.5 Å². The highest BCUT2D eigenvalue weighted by Crippen LogP contribution is 2.30. The number of nitrogens with zero attached hydrogens (tertiary/aromatic N) is 4. The van der Waals surface area contributed by atoms with Crippen molar-refractivity contribution in [2.45, 2.75) is 111 Å². The fraction of sp³-hybridized carbons (Fsp3) is 0.703. The summed E-state index contributed by atoms with van der Waals surface area (Å²) in [6, 6.07) is 5.30. The van der Waals surface area contributed by atoms with Crippen LogP contribution in [0.25, 0.3) is 0 Å². The number of anilines is 1. The second-order valence-electron chi connectivity index (χ2n) is 16.0. The number of esters is 1. The zero-order chi connectivity index (χ0) is 37.6. The van der Waals surface area contributed by atoms with E-state index in [1.54, 1.807) is 26.2 Å². The van der Waals surface area contributed by atoms with Crippen LogP contribution < -0.4 is 21.1 Å². The van der Waals surface area contributed by atoms with Crippen molar-refractivity contribution in [1.29, 1.82) is 0 Å². The van der Waals surface area contributed by atoms with Gasteiger partial charge < -0.3 is 35.7 Å². The molecule has 0 fully saturated rings. The number of carbonyl (C=O) groups excluding carboxylic acids is 2. The Morgan fingerprint density at radius 3 is 2.22 bits per heavy atom. The summed E-state index contributed by atoms with van der Waals surface area (Å²) in [6.45, 7) is 25.1. The van der Waals surface area contributed by atoms with Gasteiger partial charge in [0.2, 0.25) is 0 Å². The Balaban J connectivity index is 2.14. The van der Waals surface area contributed by atoms with Gasteiger partial charge in [-0.25, -0.2) is 9.78 Å². The van der Waals surface area contributed by atoms with Crippen LogP contribution in [0, 0.1) is 0 Å². The third-order valence-corrected chi connectivity index (χ3v) is 7.59. The van der Waals surface area contributed by atoms with Crippen molar-refractivity contribution in [1.82, 2.24) is 24.7 Å². The Kier molecular flexibility index (Phi) is 16.8. The van der Waals surface area contributed by atoms with Crippen molar-refractivity contribution in [2.24, 2.45) is 5.73 Å². The fourth-order valence-electron chi connectivity index (χ4n) is 4.99. The van der Waals surface area contributed by atoms with E-state index >= 15 is 0 Å². The molecule has 1 aromatic carbocycles. The minimum Gasteiger partial charge on any atom is -0.488 e. The number of amides is 1. The SMILES string of the molecule is CC(C)(O)CCC(C)(C)Oc1ccc(NC(=O)n2ccnc2)cc1CNCCN(CCOC(C)(C)C)CCN(CCN)CC(=O)OC(C)(C)C. The summed E-state index contributed by atoms with van der Waals surface area (Å²) in [5.74, 6) is 0.439. The van der Waals surface area contributed by atoms with Crippen molar-refractivity contribution in [3.63, 3.8) is 0 Å². The van der Waals surface area contributed by atoms with Gasteiger partial charge in [-0.3, -0.25) is 19.2 Å². The number of aromatic nitrogens is 2. The predicted octanol–water partition coefficient (Wildman–Crippen LogP) is 4.48. The van der Waals surface area contributed by atoms with Crippen LogP contribution in [0.1, 0.15) is 87.6 Å². The van der Waals surface area contributed by atoms with E-state index in [1.807, 2.05) is 78.5 Å². The highest BCUT2D eigenvalue weighted by molar-refractivity contribution is 5.91. The standard InChI is InChI=1S/C37H65N7O6/c1-34(2,3)48-24-23-42(21-22-43(18-15-38)27-32(45)50-35(4,5)6)19-16-39-26-29-25-30(41-33(46)44-20-17-40-28-44)11-12-31(29)49-37(9,10)14-13-36(7,8)47/h11-12,17,20,25,28,39,47H,13-16,18-19,21-24,26-27,38H2,1-10H3,(H,41,46). The molecule has 13 nitrogen and oxygen atoms in total. The van der Waals surface area contributed by atoms with Gasteiger partial charge in [-0.05, 0) is 100 Å². The Bertz CT molecular complexity index is 1300. The molecule has 0 radical (unpaired) electrons. The summed E-state index contributed by atoms with van der Waals surface area (Å²) in [7, 11) is 0. The number of aliphatic hydroxyl groups is 1. The van der Waals surface area contributed by atoms with E-state index in [2.05, 4.69) is 20.5 Å². The molecule has 0 spiro atoms. The quantitative estimate of drug-likeness (QED) is 0.107. The van der Waals surface area contributed by atoms with Crippen LogP contribution in [-0.4, -0.2) is 118 Å². The van der Waals surface area contributed by atoms with E-state index in [1.165, 1.54) is 10.9 Å². The van der Waals surface area contributed by atoms with Crippen LogP contribution >= 0.6 is 0 Å². The van der Waals surface area contributed by atoms with E-state index in [-0.39, 0.29) is 24.1 Å². The van der Waals surface area contributed by atoms with E-state index in [9.17, 15) is 14.7 Å². The number of nitrogens with two attached hydrogens (primary N) is 1. The molecule has 0 saturated carbocycles. The van der Waals surface area contributed by atoms with Crippen molar-refractivity contribution < 1.29 is 28.9 Å². The monoisotopic (exact) mass is 703 g/mol. The molecule has 50 heavy (non-hydrogen) atoms. The third kappa shape index (κ3) is 18.8. The average Bonchev–Trinajstić information content (AvgIpc) is 3.51. The van der Waals surface area contributed by atoms with E-state index in [4.69, 9.17) is 19.9 Å². The smallest absolute Gasteiger partial charge is 0.331 e. The molecule has 5 N–H and O–H groups in total. The molecule has 1 aromatic heterocycles. The summed E-state index contributed by atoms with van der Waals surface area (Å²) in [6.07, 6.45) is 5.83. The first kappa shape index (κ1) is 43.1. The number of nitrogens with one attached hydrogen (secondary N) is 2. The topological polar surface area (TPSA) is 156 Å². The first-order chi connectivity index (χ1) is 23.1. The molecular weight excluding hydrogens is 638 g/mol. The van der Waals surface area contributed by atoms with Gasteiger partial charge >= 0.3 is 12.0 Å². The van der Waals surface area contributed by atoms with Gasteiger partial charge in [0.15, 0.2) is 0 Å². The molecule has 0 aliphatic carbocycles. The lowest BCUT2D eigenvalue weighted by Crippen LogP contribution is -2.44. The predicted molar refractivity (Wildman–Crippen MR) is 199 cm³/mol. The number of hydrogen-bond acceptors (Lipinski definition) is 11. The summed E-state index contributed by atoms with van der Waals surface area (Å²) < 4.78 is 19.5. The molecule has 0 aliphatic rings. The molecule has 0 bridgehead atoms. The Hall–Kier alpha value is -3.07. The molecule has 0 saturated heterocycles. The van der Waals surface area contributed by atoms with E-state index in [0.29, 0.717) is 63.6 Å². The lowest BCUT2D eigenvalue weighted by Gasteiger charge is -2.31. The Morgan fingerprint density at radius 2 is 1.62 bits per heavy atom. The molecular formula is C37H65N7O6. The minimum absolute atomic E-state index is 0.182. The molecule has 0 atom stereocenters.